The Morgan fingerprint density at radius 3 is 2.10 bits per heavy atom. The Morgan fingerprint density at radius 2 is 1.66 bits per heavy atom. The number of benzene rings is 1. The van der Waals surface area contributed by atoms with E-state index < -0.39 is 59.9 Å². The predicted molar refractivity (Wildman–Crippen MR) is 91.4 cm³/mol. The summed E-state index contributed by atoms with van der Waals surface area (Å²) in [5.41, 5.74) is -0.950. The second kappa shape index (κ2) is 9.89. The first-order valence-electron chi connectivity index (χ1n) is 8.26. The lowest BCUT2D eigenvalue weighted by molar-refractivity contribution is -0.163. The van der Waals surface area contributed by atoms with Crippen LogP contribution in [0.25, 0.3) is 0 Å². The van der Waals surface area contributed by atoms with E-state index in [-0.39, 0.29) is 5.56 Å². The Balaban J connectivity index is 3.01. The van der Waals surface area contributed by atoms with Gasteiger partial charge in [-0.25, -0.2) is 4.79 Å². The van der Waals surface area contributed by atoms with Gasteiger partial charge in [-0.3, -0.25) is 14.4 Å². The molecule has 0 radical (unpaired) electrons. The van der Waals surface area contributed by atoms with E-state index in [1.54, 1.807) is 0 Å². The average molecular weight is 419 g/mol. The highest BCUT2D eigenvalue weighted by Crippen LogP contribution is 2.29. The molecule has 0 aliphatic carbocycles. The number of methoxy groups -OCH3 is 2. The molecule has 0 bridgehead atoms. The van der Waals surface area contributed by atoms with Crippen molar-refractivity contribution in [2.24, 2.45) is 11.8 Å². The molecule has 0 spiro atoms. The second-order valence-electron chi connectivity index (χ2n) is 6.14. The Morgan fingerprint density at radius 1 is 1.10 bits per heavy atom. The van der Waals surface area contributed by atoms with Crippen LogP contribution in [-0.2, 0) is 41.2 Å². The Kier molecular flexibility index (Phi) is 8.16. The number of halogens is 3. The molecule has 0 heterocycles. The minimum absolute atomic E-state index is 0.00611. The molecule has 0 saturated heterocycles. The molecule has 0 aromatic heterocycles. The van der Waals surface area contributed by atoms with E-state index in [0.717, 1.165) is 32.4 Å². The second-order valence-corrected chi connectivity index (χ2v) is 6.14. The van der Waals surface area contributed by atoms with E-state index in [1.807, 2.05) is 0 Å². The standard InChI is InChI=1S/C18H20F3NO7/c1-9(13(16(26)28-2)17(27)29-3)14(15(24)25)22-12(23)8-10-5-4-6-11(7-10)18(19,20)21/h4-7,9,13-14H,8H2,1-3H3,(H,22,23)(H,24,25)/t9-,14+/m1/s1. The van der Waals surface area contributed by atoms with E-state index in [0.29, 0.717) is 0 Å². The molecule has 1 rings (SSSR count). The number of carbonyl (C=O) groups excluding carboxylic acids is 3. The number of carboxylic acid groups (broad SMARTS) is 1. The lowest BCUT2D eigenvalue weighted by Gasteiger charge is -2.26. The first kappa shape index (κ1) is 23.9. The molecule has 0 aliphatic heterocycles. The van der Waals surface area contributed by atoms with Crippen molar-refractivity contribution in [2.75, 3.05) is 14.2 Å². The highest BCUT2D eigenvalue weighted by Gasteiger charge is 2.42. The van der Waals surface area contributed by atoms with Gasteiger partial charge < -0.3 is 19.9 Å². The first-order chi connectivity index (χ1) is 13.4. The largest absolute Gasteiger partial charge is 0.480 e. The average Bonchev–Trinajstić information content (AvgIpc) is 2.64. The number of hydrogen-bond donors (Lipinski definition) is 2. The van der Waals surface area contributed by atoms with Gasteiger partial charge in [0, 0.05) is 5.92 Å². The van der Waals surface area contributed by atoms with Crippen LogP contribution in [0.3, 0.4) is 0 Å². The molecule has 29 heavy (non-hydrogen) atoms. The van der Waals surface area contributed by atoms with Crippen molar-refractivity contribution in [3.63, 3.8) is 0 Å². The van der Waals surface area contributed by atoms with E-state index in [1.165, 1.54) is 13.0 Å². The predicted octanol–water partition coefficient (Wildman–Crippen LogP) is 1.42. The van der Waals surface area contributed by atoms with Crippen LogP contribution in [0.15, 0.2) is 24.3 Å². The van der Waals surface area contributed by atoms with Gasteiger partial charge in [0.25, 0.3) is 0 Å². The topological polar surface area (TPSA) is 119 Å². The van der Waals surface area contributed by atoms with E-state index >= 15 is 0 Å². The summed E-state index contributed by atoms with van der Waals surface area (Å²) in [5, 5.41) is 11.5. The van der Waals surface area contributed by atoms with Crippen molar-refractivity contribution in [3.05, 3.63) is 35.4 Å². The Labute approximate surface area is 164 Å². The third kappa shape index (κ3) is 6.47. The number of esters is 2. The molecule has 1 amide bonds. The number of ether oxygens (including phenoxy) is 2. The SMILES string of the molecule is COC(=O)C(C(=O)OC)[C@@H](C)[C@H](NC(=O)Cc1cccc(C(F)(F)F)c1)C(=O)O. The van der Waals surface area contributed by atoms with Gasteiger partial charge in [0.2, 0.25) is 5.91 Å². The molecule has 0 fully saturated rings. The maximum absolute atomic E-state index is 12.8. The Hall–Kier alpha value is -3.11. The summed E-state index contributed by atoms with van der Waals surface area (Å²) in [6, 6.07) is 2.30. The molecule has 11 heteroatoms. The monoisotopic (exact) mass is 419 g/mol. The summed E-state index contributed by atoms with van der Waals surface area (Å²) < 4.78 is 47.3. The molecule has 2 N–H and O–H groups in total. The number of carbonyl (C=O) groups is 4. The van der Waals surface area contributed by atoms with Crippen LogP contribution >= 0.6 is 0 Å². The van der Waals surface area contributed by atoms with Gasteiger partial charge in [0.05, 0.1) is 26.2 Å². The van der Waals surface area contributed by atoms with Crippen LogP contribution < -0.4 is 5.32 Å². The van der Waals surface area contributed by atoms with Crippen molar-refractivity contribution in [3.8, 4) is 0 Å². The zero-order valence-corrected chi connectivity index (χ0v) is 15.8. The normalized spacial score (nSPS) is 13.3. The van der Waals surface area contributed by atoms with Crippen LogP contribution in [0.2, 0.25) is 0 Å². The summed E-state index contributed by atoms with van der Waals surface area (Å²) in [6.07, 6.45) is -5.14. The lowest BCUT2D eigenvalue weighted by atomic mass is 9.87. The van der Waals surface area contributed by atoms with Gasteiger partial charge in [-0.05, 0) is 11.6 Å². The highest BCUT2D eigenvalue weighted by molar-refractivity contribution is 5.96. The third-order valence-electron chi connectivity index (χ3n) is 4.16. The molecule has 0 unspecified atom stereocenters. The fraction of sp³-hybridized carbons (Fsp3) is 0.444. The molecular weight excluding hydrogens is 399 g/mol. The van der Waals surface area contributed by atoms with E-state index in [4.69, 9.17) is 0 Å². The molecule has 8 nitrogen and oxygen atoms in total. The summed E-state index contributed by atoms with van der Waals surface area (Å²) in [4.78, 5) is 47.5. The summed E-state index contributed by atoms with van der Waals surface area (Å²) in [6.45, 7) is 1.22. The number of hydrogen-bond acceptors (Lipinski definition) is 6. The molecule has 0 saturated carbocycles. The van der Waals surface area contributed by atoms with Gasteiger partial charge in [0.1, 0.15) is 6.04 Å². The fourth-order valence-corrected chi connectivity index (χ4v) is 2.66. The van der Waals surface area contributed by atoms with Crippen molar-refractivity contribution in [1.29, 1.82) is 0 Å². The molecular formula is C18H20F3NO7. The van der Waals surface area contributed by atoms with Crippen LogP contribution in [-0.4, -0.2) is 49.2 Å². The van der Waals surface area contributed by atoms with Crippen LogP contribution in [0, 0.1) is 11.8 Å². The number of alkyl halides is 3. The minimum atomic E-state index is -4.60. The molecule has 1 aromatic carbocycles. The number of amides is 1. The molecule has 1 aromatic rings. The van der Waals surface area contributed by atoms with Crippen molar-refractivity contribution in [1.82, 2.24) is 5.32 Å². The van der Waals surface area contributed by atoms with Gasteiger partial charge in [0.15, 0.2) is 5.92 Å². The number of aliphatic carboxylic acids is 1. The molecule has 0 aliphatic rings. The summed E-state index contributed by atoms with van der Waals surface area (Å²) in [5.74, 6) is -7.45. The number of nitrogens with one attached hydrogen (secondary N) is 1. The Bertz CT molecular complexity index is 763. The van der Waals surface area contributed by atoms with Gasteiger partial charge >= 0.3 is 24.1 Å². The molecule has 160 valence electrons. The first-order valence-corrected chi connectivity index (χ1v) is 8.26. The number of carboxylic acids is 1. The lowest BCUT2D eigenvalue weighted by Crippen LogP contribution is -2.50. The van der Waals surface area contributed by atoms with Crippen LogP contribution in [0.1, 0.15) is 18.1 Å². The fourth-order valence-electron chi connectivity index (χ4n) is 2.66. The van der Waals surface area contributed by atoms with Crippen LogP contribution in [0.5, 0.6) is 0 Å². The van der Waals surface area contributed by atoms with E-state index in [9.17, 15) is 37.5 Å². The van der Waals surface area contributed by atoms with Crippen molar-refractivity contribution in [2.45, 2.75) is 25.6 Å². The van der Waals surface area contributed by atoms with Crippen molar-refractivity contribution < 1.29 is 46.9 Å². The van der Waals surface area contributed by atoms with Gasteiger partial charge in [-0.1, -0.05) is 25.1 Å². The van der Waals surface area contributed by atoms with Crippen molar-refractivity contribution >= 4 is 23.8 Å². The quantitative estimate of drug-likeness (QED) is 0.483. The summed E-state index contributed by atoms with van der Waals surface area (Å²) >= 11 is 0. The van der Waals surface area contributed by atoms with Gasteiger partial charge in [-0.2, -0.15) is 13.2 Å². The maximum Gasteiger partial charge on any atom is 0.416 e. The molecule has 2 atom stereocenters. The summed E-state index contributed by atoms with van der Waals surface area (Å²) in [7, 11) is 1.99. The smallest absolute Gasteiger partial charge is 0.416 e. The van der Waals surface area contributed by atoms with Gasteiger partial charge in [-0.15, -0.1) is 0 Å². The minimum Gasteiger partial charge on any atom is -0.480 e. The van der Waals surface area contributed by atoms with E-state index in [2.05, 4.69) is 14.8 Å². The number of rotatable bonds is 8. The highest BCUT2D eigenvalue weighted by atomic mass is 19.4. The zero-order chi connectivity index (χ0) is 22.4. The zero-order valence-electron chi connectivity index (χ0n) is 15.8. The van der Waals surface area contributed by atoms with Crippen LogP contribution in [0.4, 0.5) is 13.2 Å². The third-order valence-corrected chi connectivity index (χ3v) is 4.16. The maximum atomic E-state index is 12.8.